The minimum atomic E-state index is 0.0592. The van der Waals surface area contributed by atoms with E-state index in [9.17, 15) is 9.59 Å². The molecule has 1 amide bonds. The van der Waals surface area contributed by atoms with Crippen molar-refractivity contribution in [3.63, 3.8) is 0 Å². The molecule has 25 heavy (non-hydrogen) atoms. The Morgan fingerprint density at radius 1 is 1.04 bits per heavy atom. The van der Waals surface area contributed by atoms with Gasteiger partial charge in [0.15, 0.2) is 5.78 Å². The Labute approximate surface area is 147 Å². The molecule has 1 aromatic carbocycles. The van der Waals surface area contributed by atoms with E-state index >= 15 is 0 Å². The predicted octanol–water partition coefficient (Wildman–Crippen LogP) is 3.21. The summed E-state index contributed by atoms with van der Waals surface area (Å²) in [5.41, 5.74) is 4.04. The van der Waals surface area contributed by atoms with Gasteiger partial charge in [0.25, 0.3) is 0 Å². The van der Waals surface area contributed by atoms with E-state index in [2.05, 4.69) is 4.98 Å². The third-order valence-corrected chi connectivity index (χ3v) is 5.16. The van der Waals surface area contributed by atoms with Gasteiger partial charge < -0.3 is 4.90 Å². The molecule has 2 heterocycles. The second-order valence-electron chi connectivity index (χ2n) is 6.70. The summed E-state index contributed by atoms with van der Waals surface area (Å²) in [5, 5.41) is 0. The molecule has 0 atom stereocenters. The van der Waals surface area contributed by atoms with Crippen LogP contribution >= 0.6 is 0 Å². The van der Waals surface area contributed by atoms with Gasteiger partial charge in [-0.3, -0.25) is 14.6 Å². The van der Waals surface area contributed by atoms with Crippen molar-refractivity contribution in [3.8, 4) is 0 Å². The first-order valence-electron chi connectivity index (χ1n) is 8.70. The van der Waals surface area contributed by atoms with Gasteiger partial charge in [-0.1, -0.05) is 30.3 Å². The quantitative estimate of drug-likeness (QED) is 0.864. The number of pyridine rings is 1. The van der Waals surface area contributed by atoms with Crippen LogP contribution in [0.2, 0.25) is 0 Å². The Morgan fingerprint density at radius 2 is 1.76 bits per heavy atom. The van der Waals surface area contributed by atoms with E-state index in [1.165, 1.54) is 5.56 Å². The highest BCUT2D eigenvalue weighted by Gasteiger charge is 2.34. The van der Waals surface area contributed by atoms with Gasteiger partial charge in [0.1, 0.15) is 0 Å². The van der Waals surface area contributed by atoms with E-state index < -0.39 is 0 Å². The molecule has 2 aliphatic rings. The van der Waals surface area contributed by atoms with Gasteiger partial charge in [-0.05, 0) is 35.3 Å². The second kappa shape index (κ2) is 6.63. The van der Waals surface area contributed by atoms with E-state index in [0.29, 0.717) is 17.9 Å². The molecule has 1 fully saturated rings. The summed E-state index contributed by atoms with van der Waals surface area (Å²) in [6, 6.07) is 13.9. The fraction of sp³-hybridized carbons (Fsp3) is 0.286. The minimum absolute atomic E-state index is 0.0592. The molecule has 1 saturated heterocycles. The molecule has 0 bridgehead atoms. The number of ketones is 1. The number of carbonyl (C=O) groups excluding carboxylic acids is 2. The molecule has 0 radical (unpaired) electrons. The average molecular weight is 332 g/mol. The molecule has 0 saturated carbocycles. The number of hydrogen-bond acceptors (Lipinski definition) is 3. The SMILES string of the molecule is O=C1CCC(c2ccccc2)=C1CC(=O)N1CC(c2ccncc2)C1. The maximum absolute atomic E-state index is 12.6. The summed E-state index contributed by atoms with van der Waals surface area (Å²) >= 11 is 0. The van der Waals surface area contributed by atoms with Crippen LogP contribution in [0, 0.1) is 0 Å². The topological polar surface area (TPSA) is 50.3 Å². The maximum Gasteiger partial charge on any atom is 0.227 e. The molecular formula is C21H20N2O2. The standard InChI is InChI=1S/C21H20N2O2/c24-20-7-6-18(16-4-2-1-3-5-16)19(20)12-21(25)23-13-17(14-23)15-8-10-22-11-9-15/h1-5,8-11,17H,6-7,12-14H2. The largest absolute Gasteiger partial charge is 0.341 e. The summed E-state index contributed by atoms with van der Waals surface area (Å²) in [5.74, 6) is 0.566. The molecule has 0 N–H and O–H groups in total. The van der Waals surface area contributed by atoms with Crippen LogP contribution < -0.4 is 0 Å². The summed E-state index contributed by atoms with van der Waals surface area (Å²) < 4.78 is 0. The van der Waals surface area contributed by atoms with Crippen molar-refractivity contribution in [1.29, 1.82) is 0 Å². The van der Waals surface area contributed by atoms with Crippen LogP contribution in [0.4, 0.5) is 0 Å². The molecular weight excluding hydrogens is 312 g/mol. The van der Waals surface area contributed by atoms with Crippen LogP contribution in [-0.4, -0.2) is 34.7 Å². The Balaban J connectivity index is 1.45. The highest BCUT2D eigenvalue weighted by atomic mass is 16.2. The van der Waals surface area contributed by atoms with Gasteiger partial charge in [0, 0.05) is 43.4 Å². The van der Waals surface area contributed by atoms with Crippen LogP contribution in [0.25, 0.3) is 5.57 Å². The number of aromatic nitrogens is 1. The van der Waals surface area contributed by atoms with Crippen molar-refractivity contribution in [2.24, 2.45) is 0 Å². The summed E-state index contributed by atoms with van der Waals surface area (Å²) in [4.78, 5) is 30.8. The zero-order chi connectivity index (χ0) is 17.2. The van der Waals surface area contributed by atoms with Gasteiger partial charge >= 0.3 is 0 Å². The van der Waals surface area contributed by atoms with Crippen molar-refractivity contribution in [2.45, 2.75) is 25.2 Å². The summed E-state index contributed by atoms with van der Waals surface area (Å²) in [6.45, 7) is 1.45. The van der Waals surface area contributed by atoms with Crippen molar-refractivity contribution in [3.05, 3.63) is 71.6 Å². The predicted molar refractivity (Wildman–Crippen MR) is 95.8 cm³/mol. The molecule has 0 spiro atoms. The third kappa shape index (κ3) is 3.12. The highest BCUT2D eigenvalue weighted by molar-refractivity contribution is 6.10. The average Bonchev–Trinajstić information content (AvgIpc) is 2.96. The monoisotopic (exact) mass is 332 g/mol. The molecule has 1 aliphatic carbocycles. The lowest BCUT2D eigenvalue weighted by atomic mass is 9.91. The molecule has 4 heteroatoms. The van der Waals surface area contributed by atoms with Crippen molar-refractivity contribution < 1.29 is 9.59 Å². The number of Topliss-reactive ketones (excluding diaryl/α,β-unsaturated/α-hetero) is 1. The Bertz CT molecular complexity index is 821. The smallest absolute Gasteiger partial charge is 0.227 e. The van der Waals surface area contributed by atoms with Crippen molar-refractivity contribution >= 4 is 17.3 Å². The first kappa shape index (κ1) is 15.8. The van der Waals surface area contributed by atoms with Crippen LogP contribution in [0.5, 0.6) is 0 Å². The van der Waals surface area contributed by atoms with E-state index in [1.807, 2.05) is 47.4 Å². The zero-order valence-electron chi connectivity index (χ0n) is 14.0. The fourth-order valence-electron chi connectivity index (χ4n) is 3.66. The highest BCUT2D eigenvalue weighted by Crippen LogP contribution is 2.35. The Morgan fingerprint density at radius 3 is 2.48 bits per heavy atom. The van der Waals surface area contributed by atoms with Gasteiger partial charge in [0.2, 0.25) is 5.91 Å². The number of allylic oxidation sites excluding steroid dienone is 1. The second-order valence-corrected chi connectivity index (χ2v) is 6.70. The normalized spacial score (nSPS) is 17.8. The number of carbonyl (C=O) groups is 2. The zero-order valence-corrected chi connectivity index (χ0v) is 14.0. The minimum Gasteiger partial charge on any atom is -0.341 e. The molecule has 126 valence electrons. The van der Waals surface area contributed by atoms with Crippen LogP contribution in [-0.2, 0) is 9.59 Å². The number of hydrogen-bond donors (Lipinski definition) is 0. The molecule has 1 aliphatic heterocycles. The molecule has 4 rings (SSSR count). The van der Waals surface area contributed by atoms with Crippen LogP contribution in [0.1, 0.15) is 36.3 Å². The number of rotatable bonds is 4. The van der Waals surface area contributed by atoms with Gasteiger partial charge in [-0.15, -0.1) is 0 Å². The first-order chi connectivity index (χ1) is 12.2. The van der Waals surface area contributed by atoms with Crippen molar-refractivity contribution in [1.82, 2.24) is 9.88 Å². The fourth-order valence-corrected chi connectivity index (χ4v) is 3.66. The van der Waals surface area contributed by atoms with Crippen molar-refractivity contribution in [2.75, 3.05) is 13.1 Å². The number of nitrogens with zero attached hydrogens (tertiary/aromatic N) is 2. The maximum atomic E-state index is 12.6. The van der Waals surface area contributed by atoms with E-state index in [4.69, 9.17) is 0 Å². The number of benzene rings is 1. The number of amides is 1. The summed E-state index contributed by atoms with van der Waals surface area (Å²) in [6.07, 6.45) is 5.06. The Hall–Kier alpha value is -2.75. The van der Waals surface area contributed by atoms with Gasteiger partial charge in [0.05, 0.1) is 6.42 Å². The molecule has 0 unspecified atom stereocenters. The number of likely N-dealkylation sites (tertiary alicyclic amines) is 1. The van der Waals surface area contributed by atoms with Crippen LogP contribution in [0.3, 0.4) is 0 Å². The molecule has 1 aromatic heterocycles. The lowest BCUT2D eigenvalue weighted by Crippen LogP contribution is -2.48. The van der Waals surface area contributed by atoms with E-state index in [0.717, 1.165) is 30.6 Å². The van der Waals surface area contributed by atoms with Gasteiger partial charge in [-0.2, -0.15) is 0 Å². The lowest BCUT2D eigenvalue weighted by Gasteiger charge is -2.39. The van der Waals surface area contributed by atoms with E-state index in [1.54, 1.807) is 12.4 Å². The molecule has 4 nitrogen and oxygen atoms in total. The first-order valence-corrected chi connectivity index (χ1v) is 8.70. The van der Waals surface area contributed by atoms with Gasteiger partial charge in [-0.25, -0.2) is 0 Å². The third-order valence-electron chi connectivity index (χ3n) is 5.16. The molecule has 2 aromatic rings. The lowest BCUT2D eigenvalue weighted by molar-refractivity contribution is -0.135. The van der Waals surface area contributed by atoms with E-state index in [-0.39, 0.29) is 18.1 Å². The summed E-state index contributed by atoms with van der Waals surface area (Å²) in [7, 11) is 0. The Kier molecular flexibility index (Phi) is 4.18. The van der Waals surface area contributed by atoms with Crippen LogP contribution in [0.15, 0.2) is 60.4 Å².